The summed E-state index contributed by atoms with van der Waals surface area (Å²) in [4.78, 5) is 16.7. The van der Waals surface area contributed by atoms with E-state index in [1.807, 2.05) is 66.7 Å². The van der Waals surface area contributed by atoms with Gasteiger partial charge in [-0.3, -0.25) is 0 Å². The van der Waals surface area contributed by atoms with Crippen molar-refractivity contribution in [2.24, 2.45) is 0 Å². The average Bonchev–Trinajstić information content (AvgIpc) is 3.73. The lowest BCUT2D eigenvalue weighted by Gasteiger charge is -2.09. The highest BCUT2D eigenvalue weighted by molar-refractivity contribution is 6.54. The molecular formula is C30H25ClN4O4. The Morgan fingerprint density at radius 3 is 1.90 bits per heavy atom. The van der Waals surface area contributed by atoms with E-state index in [1.54, 1.807) is 28.4 Å². The highest BCUT2D eigenvalue weighted by Gasteiger charge is 2.32. The molecule has 196 valence electrons. The predicted molar refractivity (Wildman–Crippen MR) is 153 cm³/mol. The minimum absolute atomic E-state index is 0.341. The van der Waals surface area contributed by atoms with Crippen LogP contribution >= 0.6 is 11.6 Å². The number of aromatic nitrogens is 4. The summed E-state index contributed by atoms with van der Waals surface area (Å²) in [5.41, 5.74) is 7.03. The second-order valence-corrected chi connectivity index (χ2v) is 9.21. The van der Waals surface area contributed by atoms with Crippen LogP contribution in [0.5, 0.6) is 11.5 Å². The van der Waals surface area contributed by atoms with Crippen LogP contribution in [0.15, 0.2) is 66.7 Å². The van der Waals surface area contributed by atoms with Gasteiger partial charge in [0, 0.05) is 22.1 Å². The Morgan fingerprint density at radius 2 is 1.23 bits per heavy atom. The predicted octanol–water partition coefficient (Wildman–Crippen LogP) is 6.61. The lowest BCUT2D eigenvalue weighted by molar-refractivity contribution is 0.326. The highest BCUT2D eigenvalue weighted by Crippen LogP contribution is 2.46. The van der Waals surface area contributed by atoms with Crippen molar-refractivity contribution in [3.05, 3.63) is 95.1 Å². The van der Waals surface area contributed by atoms with Crippen LogP contribution in [0.1, 0.15) is 28.3 Å². The fourth-order valence-corrected chi connectivity index (χ4v) is 5.22. The van der Waals surface area contributed by atoms with Gasteiger partial charge in [0.25, 0.3) is 0 Å². The Labute approximate surface area is 229 Å². The second kappa shape index (κ2) is 9.89. The Kier molecular flexibility index (Phi) is 6.24. The normalized spacial score (nSPS) is 13.1. The van der Waals surface area contributed by atoms with Gasteiger partial charge in [0.05, 0.1) is 44.7 Å². The molecule has 0 saturated heterocycles. The topological polar surface area (TPSA) is 94.3 Å². The number of ether oxygens (including phenoxy) is 4. The molecule has 0 fully saturated rings. The first-order chi connectivity index (χ1) is 19.1. The van der Waals surface area contributed by atoms with Gasteiger partial charge >= 0.3 is 0 Å². The van der Waals surface area contributed by atoms with E-state index in [-0.39, 0.29) is 0 Å². The van der Waals surface area contributed by atoms with Crippen molar-refractivity contribution in [3.63, 3.8) is 0 Å². The van der Waals surface area contributed by atoms with Crippen molar-refractivity contribution >= 4 is 55.8 Å². The van der Waals surface area contributed by atoms with Crippen molar-refractivity contribution < 1.29 is 18.9 Å². The molecule has 8 bridgehead atoms. The lowest BCUT2D eigenvalue weighted by atomic mass is 10.0. The van der Waals surface area contributed by atoms with E-state index in [0.717, 1.165) is 33.2 Å². The Morgan fingerprint density at radius 1 is 0.615 bits per heavy atom. The van der Waals surface area contributed by atoms with Gasteiger partial charge in [-0.1, -0.05) is 41.9 Å². The minimum Gasteiger partial charge on any atom is -0.492 e. The van der Waals surface area contributed by atoms with Crippen LogP contribution in [0.25, 0.3) is 44.2 Å². The van der Waals surface area contributed by atoms with E-state index >= 15 is 0 Å². The number of aromatic amines is 2. The zero-order chi connectivity index (χ0) is 27.1. The molecule has 0 saturated carbocycles. The van der Waals surface area contributed by atoms with Crippen LogP contribution in [0, 0.1) is 0 Å². The molecule has 8 nitrogen and oxygen atoms in total. The molecule has 0 spiro atoms. The van der Waals surface area contributed by atoms with Crippen LogP contribution in [0.2, 0.25) is 0 Å². The quantitative estimate of drug-likeness (QED) is 0.296. The van der Waals surface area contributed by atoms with Gasteiger partial charge in [0.2, 0.25) is 0 Å². The molecule has 2 aliphatic heterocycles. The molecule has 5 heterocycles. The third-order valence-corrected chi connectivity index (χ3v) is 6.96. The second-order valence-electron chi connectivity index (χ2n) is 8.83. The largest absolute Gasteiger partial charge is 0.492 e. The van der Waals surface area contributed by atoms with E-state index in [0.29, 0.717) is 50.8 Å². The average molecular weight is 541 g/mol. The summed E-state index contributed by atoms with van der Waals surface area (Å²) in [5.74, 6) is 1.59. The first-order valence-electron chi connectivity index (χ1n) is 12.2. The lowest BCUT2D eigenvalue weighted by Crippen LogP contribution is -1.96. The van der Waals surface area contributed by atoms with Gasteiger partial charge in [0.15, 0.2) is 34.4 Å². The van der Waals surface area contributed by atoms with Gasteiger partial charge in [0.1, 0.15) is 5.69 Å². The maximum atomic E-state index is 7.08. The molecule has 1 aromatic carbocycles. The number of nitrogens with one attached hydrogen (secondary N) is 2. The first-order valence-corrected chi connectivity index (χ1v) is 12.5. The number of hydrogen-bond donors (Lipinski definition) is 2. The summed E-state index contributed by atoms with van der Waals surface area (Å²) < 4.78 is 23.3. The number of nitrogens with zero attached hydrogens (tertiary/aromatic N) is 2. The van der Waals surface area contributed by atoms with E-state index in [4.69, 9.17) is 40.5 Å². The molecule has 6 rings (SSSR count). The summed E-state index contributed by atoms with van der Waals surface area (Å²) >= 11 is 7.08. The number of rotatable bonds is 5. The maximum Gasteiger partial charge on any atom is 0.192 e. The van der Waals surface area contributed by atoms with Crippen LogP contribution in [0.4, 0.5) is 0 Å². The third kappa shape index (κ3) is 4.09. The number of fused-ring (bicyclic) bond motifs is 8. The van der Waals surface area contributed by atoms with Crippen LogP contribution < -0.4 is 9.47 Å². The van der Waals surface area contributed by atoms with Crippen molar-refractivity contribution in [3.8, 4) is 11.5 Å². The zero-order valence-electron chi connectivity index (χ0n) is 21.8. The number of benzene rings is 1. The smallest absolute Gasteiger partial charge is 0.192 e. The zero-order valence-corrected chi connectivity index (χ0v) is 22.5. The van der Waals surface area contributed by atoms with Gasteiger partial charge in [-0.2, -0.15) is 0 Å². The maximum absolute atomic E-state index is 7.08. The van der Waals surface area contributed by atoms with Gasteiger partial charge < -0.3 is 28.9 Å². The molecule has 0 unspecified atom stereocenters. The summed E-state index contributed by atoms with van der Waals surface area (Å²) in [5, 5.41) is 0.432. The monoisotopic (exact) mass is 540 g/mol. The minimum atomic E-state index is 0.341. The SMILES string of the molecule is COC1=C(OC)c2nc1c(OC)c1nc(cc3ccc(cc4ccc([nH]4)c2OC)[nH]3)C(c2ccccc2)=C1Cl. The third-order valence-electron chi connectivity index (χ3n) is 6.59. The fraction of sp³-hybridized carbons (Fsp3) is 0.133. The van der Waals surface area contributed by atoms with Gasteiger partial charge in [-0.05, 0) is 42.0 Å². The summed E-state index contributed by atoms with van der Waals surface area (Å²) in [6.45, 7) is 0. The molecular weight excluding hydrogens is 516 g/mol. The molecule has 0 aliphatic carbocycles. The molecule has 2 aliphatic rings. The van der Waals surface area contributed by atoms with Gasteiger partial charge in [-0.25, -0.2) is 9.97 Å². The molecule has 4 aromatic rings. The van der Waals surface area contributed by atoms with Gasteiger partial charge in [-0.15, -0.1) is 0 Å². The van der Waals surface area contributed by atoms with Crippen LogP contribution in [-0.2, 0) is 9.47 Å². The van der Waals surface area contributed by atoms with E-state index in [1.165, 1.54) is 0 Å². The number of hydrogen-bond acceptors (Lipinski definition) is 6. The van der Waals surface area contributed by atoms with Crippen LogP contribution in [0.3, 0.4) is 0 Å². The van der Waals surface area contributed by atoms with Crippen molar-refractivity contribution in [1.82, 2.24) is 19.9 Å². The molecule has 0 radical (unpaired) electrons. The fourth-order valence-electron chi connectivity index (χ4n) is 4.89. The molecule has 39 heavy (non-hydrogen) atoms. The molecule has 3 aromatic heterocycles. The summed E-state index contributed by atoms with van der Waals surface area (Å²) in [6.07, 6.45) is 0. The summed E-state index contributed by atoms with van der Waals surface area (Å²) in [7, 11) is 6.24. The Hall–Kier alpha value is -4.69. The van der Waals surface area contributed by atoms with Crippen molar-refractivity contribution in [1.29, 1.82) is 0 Å². The Balaban J connectivity index is 1.82. The number of H-pyrrole nitrogens is 2. The van der Waals surface area contributed by atoms with E-state index < -0.39 is 0 Å². The van der Waals surface area contributed by atoms with Crippen molar-refractivity contribution in [2.45, 2.75) is 0 Å². The standard InChI is InChI=1S/C30H25ClN4O4/c1-36-27-20-13-12-18(33-20)14-17-10-11-19(32-17)15-21-22(16-8-6-5-7-9-16)23(31)24(34-21)28(37-2)26-30(39-4)29(38-3)25(27)35-26/h5-15,32-33H,1-4H3. The van der Waals surface area contributed by atoms with E-state index in [9.17, 15) is 0 Å². The van der Waals surface area contributed by atoms with Crippen molar-refractivity contribution in [2.75, 3.05) is 28.4 Å². The molecule has 9 heteroatoms. The summed E-state index contributed by atoms with van der Waals surface area (Å²) in [6, 6.07) is 21.7. The Bertz CT molecular complexity index is 1820. The number of halogens is 1. The number of methoxy groups -OCH3 is 4. The molecule has 0 atom stereocenters. The molecule has 2 N–H and O–H groups in total. The molecule has 0 amide bonds. The first kappa shape index (κ1) is 24.6. The van der Waals surface area contributed by atoms with E-state index in [2.05, 4.69) is 9.97 Å². The van der Waals surface area contributed by atoms with Crippen LogP contribution in [-0.4, -0.2) is 48.4 Å². The highest BCUT2D eigenvalue weighted by atomic mass is 35.5.